The number of hydrogen-bond acceptors (Lipinski definition) is 5. The van der Waals surface area contributed by atoms with Gasteiger partial charge in [0.05, 0.1) is 11.7 Å². The van der Waals surface area contributed by atoms with Crippen molar-refractivity contribution in [3.63, 3.8) is 0 Å². The molecule has 2 aliphatic carbocycles. The van der Waals surface area contributed by atoms with Crippen LogP contribution < -0.4 is 0 Å². The molecule has 0 aromatic carbocycles. The zero-order valence-corrected chi connectivity index (χ0v) is 21.7. The van der Waals surface area contributed by atoms with Crippen LogP contribution in [-0.2, 0) is 18.9 Å². The van der Waals surface area contributed by atoms with Gasteiger partial charge in [-0.15, -0.1) is 6.58 Å². The average Bonchev–Trinajstić information content (AvgIpc) is 3.25. The van der Waals surface area contributed by atoms with Gasteiger partial charge in [0.2, 0.25) is 0 Å². The number of aliphatic hydroxyl groups excluding tert-OH is 1. The lowest BCUT2D eigenvalue weighted by Gasteiger charge is -2.57. The van der Waals surface area contributed by atoms with E-state index in [9.17, 15) is 5.11 Å². The first-order chi connectivity index (χ1) is 18.2. The molecule has 0 radical (unpaired) electrons. The maximum Gasteiger partial charge on any atom is 0.187 e. The highest BCUT2D eigenvalue weighted by Crippen LogP contribution is 2.60. The van der Waals surface area contributed by atoms with E-state index in [1.54, 1.807) is 13.0 Å². The van der Waals surface area contributed by atoms with Crippen molar-refractivity contribution >= 4 is 0 Å². The Bertz CT molecular complexity index is 978. The monoisotopic (exact) mass is 482 g/mol. The zero-order valence-electron chi connectivity index (χ0n) is 27.7. The van der Waals surface area contributed by atoms with E-state index in [-0.39, 0.29) is 10.8 Å². The van der Waals surface area contributed by atoms with Crippen LogP contribution in [0.15, 0.2) is 24.3 Å². The lowest BCUT2D eigenvalue weighted by atomic mass is 9.48. The fraction of sp³-hybridized carbons (Fsp3) is 0.862. The summed E-state index contributed by atoms with van der Waals surface area (Å²) in [6.45, 7) is 10.8. The van der Waals surface area contributed by atoms with Crippen LogP contribution in [-0.4, -0.2) is 47.2 Å². The first-order valence-electron chi connectivity index (χ1n) is 15.9. The summed E-state index contributed by atoms with van der Waals surface area (Å²) in [6, 6.07) is 0. The summed E-state index contributed by atoms with van der Waals surface area (Å²) in [5.74, 6) is -1.87. The second kappa shape index (κ2) is 8.99. The molecular formula is C29H48O5. The summed E-state index contributed by atoms with van der Waals surface area (Å²) in [4.78, 5) is 0. The molecule has 4 rings (SSSR count). The van der Waals surface area contributed by atoms with E-state index >= 15 is 0 Å². The predicted octanol–water partition coefficient (Wildman–Crippen LogP) is 6.15. The van der Waals surface area contributed by atoms with Crippen LogP contribution in [0.5, 0.6) is 0 Å². The number of fused-ring (bicyclic) bond motifs is 2. The lowest BCUT2D eigenvalue weighted by molar-refractivity contribution is -0.297. The van der Waals surface area contributed by atoms with Crippen LogP contribution in [0.3, 0.4) is 0 Å². The van der Waals surface area contributed by atoms with Gasteiger partial charge in [0, 0.05) is 8.22 Å². The molecule has 34 heavy (non-hydrogen) atoms. The first kappa shape index (κ1) is 19.4. The summed E-state index contributed by atoms with van der Waals surface area (Å²) in [6.07, 6.45) is 4.62. The van der Waals surface area contributed by atoms with Crippen molar-refractivity contribution < 1.29 is 32.3 Å². The number of rotatable bonds is 6. The second-order valence-corrected chi connectivity index (χ2v) is 12.3. The molecule has 2 heterocycles. The Morgan fingerprint density at radius 2 is 1.97 bits per heavy atom. The Labute approximate surface area is 215 Å². The van der Waals surface area contributed by atoms with E-state index < -0.39 is 55.8 Å². The maximum absolute atomic E-state index is 11.2. The van der Waals surface area contributed by atoms with Crippen molar-refractivity contribution in [1.29, 1.82) is 0 Å². The molecule has 9 atom stereocenters. The summed E-state index contributed by atoms with van der Waals surface area (Å²) in [7, 11) is 0. The molecule has 2 aliphatic heterocycles. The van der Waals surface area contributed by atoms with Crippen LogP contribution >= 0.6 is 0 Å². The third-order valence-electron chi connectivity index (χ3n) is 9.40. The Hall–Kier alpha value is -0.720. The first-order valence-corrected chi connectivity index (χ1v) is 12.9. The number of ether oxygens (including phenoxy) is 4. The Balaban J connectivity index is 1.51. The molecule has 0 aromatic heterocycles. The predicted molar refractivity (Wildman–Crippen MR) is 134 cm³/mol. The fourth-order valence-electron chi connectivity index (χ4n) is 7.39. The summed E-state index contributed by atoms with van der Waals surface area (Å²) < 4.78 is 70.7. The van der Waals surface area contributed by atoms with E-state index in [1.807, 2.05) is 6.92 Å². The molecular weight excluding hydrogens is 428 g/mol. The standard InChI is InChI=1S/C29H48O5/c1-10-28(8,34-25-22(30)24-23(19(3)31-25)32-27(6,7)33-24)17-14-20-18(2)12-13-21-26(4,5)15-11-16-29(20,21)9/h10,12,19-25,30H,1,11,13-17H2,2-9H3/t19-,20-,21-,22+,23-,24-,25-,28-,29+/m0/s1/i6D3,7D3. The van der Waals surface area contributed by atoms with Crippen LogP contribution in [0.25, 0.3) is 0 Å². The van der Waals surface area contributed by atoms with Gasteiger partial charge in [-0.05, 0) is 89.2 Å². The van der Waals surface area contributed by atoms with E-state index in [2.05, 4.69) is 40.3 Å². The maximum atomic E-state index is 11.2. The van der Waals surface area contributed by atoms with E-state index in [1.165, 1.54) is 24.8 Å². The molecule has 5 nitrogen and oxygen atoms in total. The molecule has 0 amide bonds. The van der Waals surface area contributed by atoms with E-state index in [4.69, 9.17) is 27.2 Å². The molecule has 0 bridgehead atoms. The smallest absolute Gasteiger partial charge is 0.187 e. The van der Waals surface area contributed by atoms with Crippen molar-refractivity contribution in [2.75, 3.05) is 0 Å². The highest BCUT2D eigenvalue weighted by molar-refractivity contribution is 5.18. The van der Waals surface area contributed by atoms with Crippen molar-refractivity contribution in [2.24, 2.45) is 22.7 Å². The van der Waals surface area contributed by atoms with Crippen molar-refractivity contribution in [3.8, 4) is 0 Å². The third kappa shape index (κ3) is 4.68. The number of aliphatic hydroxyl groups is 1. The average molecular weight is 483 g/mol. The topological polar surface area (TPSA) is 57.2 Å². The molecule has 2 saturated heterocycles. The molecule has 3 fully saturated rings. The second-order valence-electron chi connectivity index (χ2n) is 12.3. The number of allylic oxidation sites excluding steroid dienone is 2. The molecule has 194 valence electrons. The van der Waals surface area contributed by atoms with Crippen LogP contribution in [0, 0.1) is 22.7 Å². The van der Waals surface area contributed by atoms with Gasteiger partial charge in [0.15, 0.2) is 12.1 Å². The van der Waals surface area contributed by atoms with Crippen LogP contribution in [0.2, 0.25) is 0 Å². The highest BCUT2D eigenvalue weighted by atomic mass is 16.8. The van der Waals surface area contributed by atoms with Crippen molar-refractivity contribution in [3.05, 3.63) is 24.3 Å². The third-order valence-corrected chi connectivity index (χ3v) is 9.40. The molecule has 0 unspecified atom stereocenters. The van der Waals surface area contributed by atoms with Crippen LogP contribution in [0.1, 0.15) is 102 Å². The molecule has 5 heteroatoms. The largest absolute Gasteiger partial charge is 0.385 e. The van der Waals surface area contributed by atoms with Gasteiger partial charge in [-0.3, -0.25) is 0 Å². The molecule has 4 aliphatic rings. The van der Waals surface area contributed by atoms with Gasteiger partial charge >= 0.3 is 0 Å². The minimum atomic E-state index is -3.12. The van der Waals surface area contributed by atoms with Crippen molar-refractivity contribution in [1.82, 2.24) is 0 Å². The Morgan fingerprint density at radius 3 is 2.65 bits per heavy atom. The summed E-state index contributed by atoms with van der Waals surface area (Å²) in [5, 5.41) is 11.2. The summed E-state index contributed by atoms with van der Waals surface area (Å²) >= 11 is 0. The molecule has 0 aromatic rings. The van der Waals surface area contributed by atoms with Gasteiger partial charge in [-0.1, -0.05) is 44.9 Å². The SMILES string of the molecule is [2H]C([2H])([2H])C1(C([2H])([2H])[2H])O[C@@H]2[C@@H](O1)[C@@H](O)[C@H](O[C@@](C)(C=C)CC[C@H]1C(C)=CC[C@H]3C(C)(C)CCC[C@]13C)O[C@H]2C. The fourth-order valence-corrected chi connectivity index (χ4v) is 7.39. The van der Waals surface area contributed by atoms with Crippen molar-refractivity contribution in [2.45, 2.75) is 136 Å². The summed E-state index contributed by atoms with van der Waals surface area (Å²) in [5.41, 5.74) is 1.02. The van der Waals surface area contributed by atoms with Gasteiger partial charge in [-0.25, -0.2) is 0 Å². The minimum absolute atomic E-state index is 0.189. The minimum Gasteiger partial charge on any atom is -0.385 e. The Kier molecular flexibility index (Phi) is 5.13. The highest BCUT2D eigenvalue weighted by Gasteiger charge is 2.55. The van der Waals surface area contributed by atoms with E-state index in [0.29, 0.717) is 18.3 Å². The van der Waals surface area contributed by atoms with Gasteiger partial charge < -0.3 is 24.1 Å². The van der Waals surface area contributed by atoms with Gasteiger partial charge in [-0.2, -0.15) is 0 Å². The molecule has 1 N–H and O–H groups in total. The van der Waals surface area contributed by atoms with Crippen LogP contribution in [0.4, 0.5) is 0 Å². The molecule has 1 saturated carbocycles. The zero-order chi connectivity index (χ0) is 30.1. The van der Waals surface area contributed by atoms with E-state index in [0.717, 1.165) is 12.8 Å². The lowest BCUT2D eigenvalue weighted by Crippen LogP contribution is -2.57. The van der Waals surface area contributed by atoms with Gasteiger partial charge in [0.1, 0.15) is 18.3 Å². The molecule has 0 spiro atoms. The normalized spacial score (nSPS) is 48.3. The van der Waals surface area contributed by atoms with Gasteiger partial charge in [0.25, 0.3) is 0 Å². The number of hydrogen-bond donors (Lipinski definition) is 1. The quantitative estimate of drug-likeness (QED) is 0.460. The Morgan fingerprint density at radius 1 is 1.26 bits per heavy atom.